The van der Waals surface area contributed by atoms with Crippen LogP contribution in [0.3, 0.4) is 0 Å². The number of aryl methyl sites for hydroxylation is 2. The second kappa shape index (κ2) is 6.12. The van der Waals surface area contributed by atoms with Gasteiger partial charge in [-0.2, -0.15) is 5.10 Å². The molecule has 102 valence electrons. The van der Waals surface area contributed by atoms with Gasteiger partial charge in [0, 0.05) is 12.7 Å². The van der Waals surface area contributed by atoms with Crippen LogP contribution >= 0.6 is 11.6 Å². The van der Waals surface area contributed by atoms with Crippen molar-refractivity contribution < 1.29 is 0 Å². The minimum atomic E-state index is -0.0803. The van der Waals surface area contributed by atoms with Crippen molar-refractivity contribution in [2.75, 3.05) is 7.05 Å². The Kier molecular flexibility index (Phi) is 4.50. The van der Waals surface area contributed by atoms with Gasteiger partial charge in [0.15, 0.2) is 0 Å². The molecule has 19 heavy (non-hydrogen) atoms. The summed E-state index contributed by atoms with van der Waals surface area (Å²) in [4.78, 5) is 8.59. The van der Waals surface area contributed by atoms with Crippen LogP contribution in [0.2, 0.25) is 5.02 Å². The van der Waals surface area contributed by atoms with Crippen LogP contribution in [0.15, 0.2) is 18.5 Å². The minimum Gasteiger partial charge on any atom is -0.307 e. The Balaban J connectivity index is 2.44. The lowest BCUT2D eigenvalue weighted by molar-refractivity contribution is 0.528. The highest BCUT2D eigenvalue weighted by molar-refractivity contribution is 6.31. The Morgan fingerprint density at radius 3 is 2.89 bits per heavy atom. The van der Waals surface area contributed by atoms with Crippen molar-refractivity contribution in [2.24, 2.45) is 0 Å². The molecular weight excluding hydrogens is 262 g/mol. The fourth-order valence-corrected chi connectivity index (χ4v) is 2.36. The van der Waals surface area contributed by atoms with E-state index in [-0.39, 0.29) is 6.04 Å². The number of nitrogens with one attached hydrogen (secondary N) is 1. The van der Waals surface area contributed by atoms with E-state index in [2.05, 4.69) is 27.3 Å². The van der Waals surface area contributed by atoms with Crippen molar-refractivity contribution in [1.29, 1.82) is 0 Å². The van der Waals surface area contributed by atoms with Crippen molar-refractivity contribution >= 4 is 11.6 Å². The van der Waals surface area contributed by atoms with E-state index in [0.29, 0.717) is 5.02 Å². The molecule has 0 aromatic carbocycles. The SMILES string of the molecule is CCCn1ncc(Cl)c1C(NC)c1ccnc(C)n1. The molecule has 0 aliphatic carbocycles. The summed E-state index contributed by atoms with van der Waals surface area (Å²) in [5, 5.41) is 8.23. The van der Waals surface area contributed by atoms with Gasteiger partial charge >= 0.3 is 0 Å². The molecule has 6 heteroatoms. The molecule has 2 aromatic rings. The van der Waals surface area contributed by atoms with Crippen molar-refractivity contribution in [2.45, 2.75) is 32.9 Å². The third-order valence-electron chi connectivity index (χ3n) is 2.92. The molecule has 0 radical (unpaired) electrons. The molecular formula is C13H18ClN5. The number of aromatic nitrogens is 4. The van der Waals surface area contributed by atoms with Gasteiger partial charge in [0.05, 0.1) is 28.6 Å². The van der Waals surface area contributed by atoms with Crippen LogP contribution < -0.4 is 5.32 Å². The van der Waals surface area contributed by atoms with Crippen LogP contribution in [-0.2, 0) is 6.54 Å². The zero-order valence-electron chi connectivity index (χ0n) is 11.4. The summed E-state index contributed by atoms with van der Waals surface area (Å²) in [7, 11) is 1.89. The topological polar surface area (TPSA) is 55.6 Å². The fourth-order valence-electron chi connectivity index (χ4n) is 2.11. The average Bonchev–Trinajstić information content (AvgIpc) is 2.74. The number of halogens is 1. The molecule has 2 heterocycles. The predicted molar refractivity (Wildman–Crippen MR) is 75.2 cm³/mol. The van der Waals surface area contributed by atoms with Crippen LogP contribution in [0.4, 0.5) is 0 Å². The second-order valence-corrected chi connectivity index (χ2v) is 4.76. The van der Waals surface area contributed by atoms with Crippen LogP contribution in [0.25, 0.3) is 0 Å². The Morgan fingerprint density at radius 1 is 1.47 bits per heavy atom. The monoisotopic (exact) mass is 279 g/mol. The smallest absolute Gasteiger partial charge is 0.125 e. The van der Waals surface area contributed by atoms with Crippen molar-refractivity contribution in [3.05, 3.63) is 40.7 Å². The summed E-state index contributed by atoms with van der Waals surface area (Å²) in [6.07, 6.45) is 4.45. The summed E-state index contributed by atoms with van der Waals surface area (Å²) in [5.41, 5.74) is 1.85. The lowest BCUT2D eigenvalue weighted by atomic mass is 10.1. The maximum Gasteiger partial charge on any atom is 0.125 e. The van der Waals surface area contributed by atoms with Crippen molar-refractivity contribution in [3.8, 4) is 0 Å². The first-order valence-electron chi connectivity index (χ1n) is 6.35. The molecule has 1 atom stereocenters. The lowest BCUT2D eigenvalue weighted by Crippen LogP contribution is -2.23. The maximum absolute atomic E-state index is 6.28. The highest BCUT2D eigenvalue weighted by Gasteiger charge is 2.21. The Hall–Kier alpha value is -1.46. The van der Waals surface area contributed by atoms with Crippen molar-refractivity contribution in [1.82, 2.24) is 25.1 Å². The lowest BCUT2D eigenvalue weighted by Gasteiger charge is -2.18. The third kappa shape index (κ3) is 2.93. The summed E-state index contributed by atoms with van der Waals surface area (Å²) in [6, 6.07) is 1.82. The van der Waals surface area contributed by atoms with Gasteiger partial charge in [0.1, 0.15) is 5.82 Å². The molecule has 0 amide bonds. The van der Waals surface area contributed by atoms with Crippen LogP contribution in [-0.4, -0.2) is 26.8 Å². The average molecular weight is 280 g/mol. The van der Waals surface area contributed by atoms with E-state index in [1.54, 1.807) is 12.4 Å². The van der Waals surface area contributed by atoms with Gasteiger partial charge in [-0.1, -0.05) is 18.5 Å². The zero-order chi connectivity index (χ0) is 13.8. The van der Waals surface area contributed by atoms with E-state index < -0.39 is 0 Å². The van der Waals surface area contributed by atoms with E-state index in [1.807, 2.05) is 24.7 Å². The quantitative estimate of drug-likeness (QED) is 0.913. The Morgan fingerprint density at radius 2 is 2.26 bits per heavy atom. The first-order chi connectivity index (χ1) is 9.17. The van der Waals surface area contributed by atoms with Crippen LogP contribution in [0.1, 0.15) is 36.6 Å². The highest BCUT2D eigenvalue weighted by Crippen LogP contribution is 2.27. The summed E-state index contributed by atoms with van der Waals surface area (Å²) in [5.74, 6) is 0.746. The predicted octanol–water partition coefficient (Wildman–Crippen LogP) is 2.35. The summed E-state index contributed by atoms with van der Waals surface area (Å²) >= 11 is 6.28. The third-order valence-corrected chi connectivity index (χ3v) is 3.22. The highest BCUT2D eigenvalue weighted by atomic mass is 35.5. The molecule has 2 aromatic heterocycles. The zero-order valence-corrected chi connectivity index (χ0v) is 12.1. The largest absolute Gasteiger partial charge is 0.307 e. The molecule has 0 fully saturated rings. The fraction of sp³-hybridized carbons (Fsp3) is 0.462. The second-order valence-electron chi connectivity index (χ2n) is 4.35. The molecule has 1 unspecified atom stereocenters. The van der Waals surface area contributed by atoms with Gasteiger partial charge < -0.3 is 5.32 Å². The van der Waals surface area contributed by atoms with Gasteiger partial charge in [-0.25, -0.2) is 9.97 Å². The van der Waals surface area contributed by atoms with Crippen LogP contribution in [0, 0.1) is 6.92 Å². The molecule has 0 aliphatic heterocycles. The minimum absolute atomic E-state index is 0.0803. The molecule has 0 saturated heterocycles. The number of hydrogen-bond acceptors (Lipinski definition) is 4. The number of rotatable bonds is 5. The van der Waals surface area contributed by atoms with E-state index in [1.165, 1.54) is 0 Å². The number of hydrogen-bond donors (Lipinski definition) is 1. The summed E-state index contributed by atoms with van der Waals surface area (Å²) < 4.78 is 1.93. The van der Waals surface area contributed by atoms with E-state index in [4.69, 9.17) is 11.6 Å². The molecule has 5 nitrogen and oxygen atoms in total. The van der Waals surface area contributed by atoms with E-state index in [9.17, 15) is 0 Å². The normalized spacial score (nSPS) is 12.6. The summed E-state index contributed by atoms with van der Waals surface area (Å²) in [6.45, 7) is 4.83. The van der Waals surface area contributed by atoms with Gasteiger partial charge in [0.2, 0.25) is 0 Å². The molecule has 0 bridgehead atoms. The Labute approximate surface area is 118 Å². The van der Waals surface area contributed by atoms with Crippen LogP contribution in [0.5, 0.6) is 0 Å². The molecule has 2 rings (SSSR count). The van der Waals surface area contributed by atoms with Gasteiger partial charge in [-0.05, 0) is 26.5 Å². The van der Waals surface area contributed by atoms with E-state index >= 15 is 0 Å². The van der Waals surface area contributed by atoms with E-state index in [0.717, 1.165) is 30.2 Å². The molecule has 0 aliphatic rings. The molecule has 0 saturated carbocycles. The molecule has 1 N–H and O–H groups in total. The standard InChI is InChI=1S/C13H18ClN5/c1-4-7-19-13(10(14)8-17-19)12(15-3)11-5-6-16-9(2)18-11/h5-6,8,12,15H,4,7H2,1-3H3. The van der Waals surface area contributed by atoms with Gasteiger partial charge in [-0.3, -0.25) is 4.68 Å². The maximum atomic E-state index is 6.28. The van der Waals surface area contributed by atoms with Gasteiger partial charge in [-0.15, -0.1) is 0 Å². The van der Waals surface area contributed by atoms with Gasteiger partial charge in [0.25, 0.3) is 0 Å². The Bertz CT molecular complexity index is 552. The number of nitrogens with zero attached hydrogens (tertiary/aromatic N) is 4. The van der Waals surface area contributed by atoms with Crippen molar-refractivity contribution in [3.63, 3.8) is 0 Å². The first kappa shape index (κ1) is 14.0. The first-order valence-corrected chi connectivity index (χ1v) is 6.73. The molecule has 0 spiro atoms.